The molecule has 0 fully saturated rings. The molecule has 2 N–H and O–H groups in total. The normalized spacial score (nSPS) is 17.5. The molecule has 1 aliphatic rings. The minimum atomic E-state index is -0.392. The van der Waals surface area contributed by atoms with Gasteiger partial charge in [0.25, 0.3) is 0 Å². The number of rotatable bonds is 5. The zero-order valence-corrected chi connectivity index (χ0v) is 16.6. The van der Waals surface area contributed by atoms with Gasteiger partial charge in [0.15, 0.2) is 11.5 Å². The quantitative estimate of drug-likeness (QED) is 0.534. The lowest BCUT2D eigenvalue weighted by molar-refractivity contribution is 0.354. The minimum Gasteiger partial charge on any atom is -0.493 e. The molecular weight excluding hydrogens is 380 g/mol. The van der Waals surface area contributed by atoms with Crippen LogP contribution < -0.4 is 9.47 Å². The van der Waals surface area contributed by atoms with Gasteiger partial charge in [0.2, 0.25) is 5.82 Å². The van der Waals surface area contributed by atoms with Crippen LogP contribution in [-0.4, -0.2) is 45.0 Å². The van der Waals surface area contributed by atoms with Gasteiger partial charge in [-0.25, -0.2) is 5.10 Å². The largest absolute Gasteiger partial charge is 0.493 e. The summed E-state index contributed by atoms with van der Waals surface area (Å²) in [4.78, 5) is 0. The molecule has 0 amide bonds. The molecule has 2 heterocycles. The van der Waals surface area contributed by atoms with E-state index < -0.39 is 5.41 Å². The van der Waals surface area contributed by atoms with E-state index in [1.165, 1.54) is 5.56 Å². The van der Waals surface area contributed by atoms with E-state index in [2.05, 4.69) is 73.3 Å². The number of fused-ring (bicyclic) bond motifs is 1. The predicted molar refractivity (Wildman–Crippen MR) is 111 cm³/mol. The third-order valence-corrected chi connectivity index (χ3v) is 5.63. The SMILES string of the molecule is COc1ccc(C2(c3ccccc3)C=Cc3c(-c4nnn[nH]4)n[nH]c3C2)cc1OC. The Balaban J connectivity index is 1.67. The van der Waals surface area contributed by atoms with Crippen LogP contribution in [-0.2, 0) is 11.8 Å². The third-order valence-electron chi connectivity index (χ3n) is 5.63. The first-order valence-corrected chi connectivity index (χ1v) is 9.54. The van der Waals surface area contributed by atoms with Gasteiger partial charge in [-0.2, -0.15) is 5.10 Å². The van der Waals surface area contributed by atoms with Gasteiger partial charge in [0.05, 0.1) is 14.2 Å². The fourth-order valence-electron chi connectivity index (χ4n) is 4.12. The van der Waals surface area contributed by atoms with E-state index in [1.54, 1.807) is 14.2 Å². The molecule has 8 nitrogen and oxygen atoms in total. The monoisotopic (exact) mass is 400 g/mol. The third kappa shape index (κ3) is 2.76. The first kappa shape index (κ1) is 18.1. The summed E-state index contributed by atoms with van der Waals surface area (Å²) in [5, 5.41) is 21.8. The van der Waals surface area contributed by atoms with Gasteiger partial charge in [-0.15, -0.1) is 5.10 Å². The number of allylic oxidation sites excluding steroid dienone is 1. The Morgan fingerprint density at radius 3 is 2.50 bits per heavy atom. The standard InChI is InChI=1S/C22H20N6O2/c1-29-18-9-8-15(12-19(18)30-2)22(14-6-4-3-5-7-14)11-10-16-17(13-22)23-24-20(16)21-25-27-28-26-21/h3-12H,13H2,1-2H3,(H,23,24)(H,25,26,27,28). The second-order valence-corrected chi connectivity index (χ2v) is 7.13. The number of methoxy groups -OCH3 is 2. The van der Waals surface area contributed by atoms with Crippen molar-refractivity contribution in [1.29, 1.82) is 0 Å². The zero-order chi connectivity index (χ0) is 20.6. The fourth-order valence-corrected chi connectivity index (χ4v) is 4.12. The summed E-state index contributed by atoms with van der Waals surface area (Å²) in [6.45, 7) is 0. The molecule has 0 saturated heterocycles. The van der Waals surface area contributed by atoms with Crippen LogP contribution in [0.3, 0.4) is 0 Å². The number of ether oxygens (including phenoxy) is 2. The van der Waals surface area contributed by atoms with E-state index in [4.69, 9.17) is 9.47 Å². The van der Waals surface area contributed by atoms with E-state index in [0.717, 1.165) is 16.8 Å². The van der Waals surface area contributed by atoms with Crippen LogP contribution in [0.25, 0.3) is 17.6 Å². The zero-order valence-electron chi connectivity index (χ0n) is 16.6. The van der Waals surface area contributed by atoms with Crippen molar-refractivity contribution in [2.24, 2.45) is 0 Å². The molecule has 2 aromatic heterocycles. The van der Waals surface area contributed by atoms with Crippen molar-refractivity contribution < 1.29 is 9.47 Å². The maximum Gasteiger partial charge on any atom is 0.200 e. The smallest absolute Gasteiger partial charge is 0.200 e. The predicted octanol–water partition coefficient (Wildman–Crippen LogP) is 3.16. The van der Waals surface area contributed by atoms with Gasteiger partial charge < -0.3 is 9.47 Å². The summed E-state index contributed by atoms with van der Waals surface area (Å²) in [5.74, 6) is 1.93. The average Bonchev–Trinajstić information content (AvgIpc) is 3.48. The number of aromatic amines is 2. The van der Waals surface area contributed by atoms with Crippen molar-refractivity contribution in [2.75, 3.05) is 14.2 Å². The van der Waals surface area contributed by atoms with E-state index in [-0.39, 0.29) is 0 Å². The molecule has 0 aliphatic heterocycles. The van der Waals surface area contributed by atoms with E-state index in [9.17, 15) is 0 Å². The van der Waals surface area contributed by atoms with Crippen LogP contribution in [0.1, 0.15) is 22.4 Å². The number of nitrogens with zero attached hydrogens (tertiary/aromatic N) is 4. The lowest BCUT2D eigenvalue weighted by Gasteiger charge is -2.34. The van der Waals surface area contributed by atoms with Gasteiger partial charge in [-0.05, 0) is 33.7 Å². The molecule has 5 rings (SSSR count). The molecule has 8 heteroatoms. The van der Waals surface area contributed by atoms with Crippen molar-refractivity contribution in [3.63, 3.8) is 0 Å². The first-order valence-electron chi connectivity index (χ1n) is 9.54. The molecule has 1 aliphatic carbocycles. The van der Waals surface area contributed by atoms with E-state index in [0.29, 0.717) is 29.4 Å². The number of tetrazole rings is 1. The molecule has 30 heavy (non-hydrogen) atoms. The number of aromatic nitrogens is 6. The second kappa shape index (κ2) is 7.14. The van der Waals surface area contributed by atoms with Crippen molar-refractivity contribution in [2.45, 2.75) is 11.8 Å². The van der Waals surface area contributed by atoms with Crippen LogP contribution in [0.15, 0.2) is 54.6 Å². The number of benzene rings is 2. The molecule has 1 atom stereocenters. The van der Waals surface area contributed by atoms with Gasteiger partial charge in [0, 0.05) is 23.1 Å². The summed E-state index contributed by atoms with van der Waals surface area (Å²) >= 11 is 0. The summed E-state index contributed by atoms with van der Waals surface area (Å²) < 4.78 is 11.0. The van der Waals surface area contributed by atoms with E-state index >= 15 is 0 Å². The van der Waals surface area contributed by atoms with E-state index in [1.807, 2.05) is 18.2 Å². The minimum absolute atomic E-state index is 0.392. The Morgan fingerprint density at radius 2 is 1.77 bits per heavy atom. The van der Waals surface area contributed by atoms with Crippen molar-refractivity contribution in [1.82, 2.24) is 30.8 Å². The number of hydrogen-bond donors (Lipinski definition) is 2. The highest BCUT2D eigenvalue weighted by Crippen LogP contribution is 2.44. The first-order chi connectivity index (χ1) is 14.7. The maximum atomic E-state index is 5.58. The maximum absolute atomic E-state index is 5.58. The topological polar surface area (TPSA) is 102 Å². The molecule has 0 bridgehead atoms. The second-order valence-electron chi connectivity index (χ2n) is 7.13. The Labute approximate surface area is 172 Å². The van der Waals surface area contributed by atoms with Crippen LogP contribution in [0, 0.1) is 0 Å². The van der Waals surface area contributed by atoms with Crippen molar-refractivity contribution in [3.8, 4) is 23.0 Å². The number of H-pyrrole nitrogens is 2. The molecule has 0 spiro atoms. The van der Waals surface area contributed by atoms with Gasteiger partial charge in [-0.1, -0.05) is 48.6 Å². The molecule has 0 saturated carbocycles. The van der Waals surface area contributed by atoms with Gasteiger partial charge in [-0.3, -0.25) is 5.10 Å². The fraction of sp³-hybridized carbons (Fsp3) is 0.182. The lowest BCUT2D eigenvalue weighted by Crippen LogP contribution is -2.30. The number of nitrogens with one attached hydrogen (secondary N) is 2. The highest BCUT2D eigenvalue weighted by molar-refractivity contribution is 5.73. The molecular formula is C22H20N6O2. The Kier molecular flexibility index (Phi) is 4.31. The van der Waals surface area contributed by atoms with Gasteiger partial charge in [0.1, 0.15) is 5.69 Å². The van der Waals surface area contributed by atoms with Crippen LogP contribution >= 0.6 is 0 Å². The molecule has 4 aromatic rings. The highest BCUT2D eigenvalue weighted by atomic mass is 16.5. The van der Waals surface area contributed by atoms with Crippen LogP contribution in [0.5, 0.6) is 11.5 Å². The lowest BCUT2D eigenvalue weighted by atomic mass is 9.68. The van der Waals surface area contributed by atoms with Gasteiger partial charge >= 0.3 is 0 Å². The van der Waals surface area contributed by atoms with Crippen molar-refractivity contribution >= 4 is 6.08 Å². The Morgan fingerprint density at radius 1 is 0.933 bits per heavy atom. The Bertz CT molecular complexity index is 1200. The van der Waals surface area contributed by atoms with Crippen LogP contribution in [0.2, 0.25) is 0 Å². The molecule has 0 radical (unpaired) electrons. The molecule has 150 valence electrons. The summed E-state index contributed by atoms with van der Waals surface area (Å²) in [6.07, 6.45) is 5.01. The van der Waals surface area contributed by atoms with Crippen molar-refractivity contribution in [3.05, 3.63) is 77.0 Å². The number of hydrogen-bond acceptors (Lipinski definition) is 6. The molecule has 2 aromatic carbocycles. The Hall–Kier alpha value is -3.94. The summed E-state index contributed by atoms with van der Waals surface area (Å²) in [6, 6.07) is 16.5. The highest BCUT2D eigenvalue weighted by Gasteiger charge is 2.37. The average molecular weight is 400 g/mol. The summed E-state index contributed by atoms with van der Waals surface area (Å²) in [5.41, 5.74) is 4.60. The summed E-state index contributed by atoms with van der Waals surface area (Å²) in [7, 11) is 3.29. The van der Waals surface area contributed by atoms with Crippen LogP contribution in [0.4, 0.5) is 0 Å². The molecule has 1 unspecified atom stereocenters.